The summed E-state index contributed by atoms with van der Waals surface area (Å²) in [7, 11) is 0. The van der Waals surface area contributed by atoms with E-state index >= 15 is 0 Å². The van der Waals surface area contributed by atoms with Crippen LogP contribution in [0.15, 0.2) is 273 Å². The van der Waals surface area contributed by atoms with Crippen LogP contribution in [0.2, 0.25) is 0 Å². The molecule has 0 unspecified atom stereocenters. The number of rotatable bonds is 9. The second-order valence-electron chi connectivity index (χ2n) is 19.4. The number of nitrogens with zero attached hydrogens (tertiary/aromatic N) is 1. The first-order chi connectivity index (χ1) is 36.2. The highest BCUT2D eigenvalue weighted by molar-refractivity contribution is 7.25. The summed E-state index contributed by atoms with van der Waals surface area (Å²) in [4.78, 5) is 2.54. The fourth-order valence-electron chi connectivity index (χ4n) is 12.1. The Bertz CT molecular complexity index is 4080. The SMILES string of the molecule is C1=CCCC(c2cc(-c3ccccc3)cc(N(c3ccc(-c4ccc5ccccc5c4-c4ccc5c(c4)sc4ccccc45)cc3)c3cccc4c3-c3ccccc3C4(c3ccccc3)c3ccccc3)c2)=C1. The van der Waals surface area contributed by atoms with E-state index in [1.54, 1.807) is 0 Å². The third kappa shape index (κ3) is 7.13. The average molecular weight is 948 g/mol. The number of hydrogen-bond acceptors (Lipinski definition) is 2. The van der Waals surface area contributed by atoms with Gasteiger partial charge in [-0.15, -0.1) is 11.3 Å². The summed E-state index contributed by atoms with van der Waals surface area (Å²) in [5, 5.41) is 5.12. The van der Waals surface area contributed by atoms with Gasteiger partial charge in [-0.05, 0) is 144 Å². The number of anilines is 3. The third-order valence-corrected chi connectivity index (χ3v) is 16.5. The van der Waals surface area contributed by atoms with Crippen LogP contribution in [0.5, 0.6) is 0 Å². The van der Waals surface area contributed by atoms with Gasteiger partial charge in [-0.25, -0.2) is 0 Å². The molecule has 344 valence electrons. The van der Waals surface area contributed by atoms with Crippen molar-refractivity contribution in [3.8, 4) is 44.5 Å². The van der Waals surface area contributed by atoms with Gasteiger partial charge >= 0.3 is 0 Å². The summed E-state index contributed by atoms with van der Waals surface area (Å²) in [6, 6.07) is 95.2. The minimum Gasteiger partial charge on any atom is -0.310 e. The molecule has 0 saturated heterocycles. The van der Waals surface area contributed by atoms with Gasteiger partial charge in [-0.3, -0.25) is 0 Å². The van der Waals surface area contributed by atoms with Crippen molar-refractivity contribution < 1.29 is 0 Å². The van der Waals surface area contributed by atoms with E-state index in [1.165, 1.54) is 109 Å². The molecule has 0 radical (unpaired) electrons. The maximum atomic E-state index is 2.54. The predicted molar refractivity (Wildman–Crippen MR) is 311 cm³/mol. The van der Waals surface area contributed by atoms with Gasteiger partial charge in [-0.1, -0.05) is 224 Å². The summed E-state index contributed by atoms with van der Waals surface area (Å²) in [6.45, 7) is 0. The van der Waals surface area contributed by atoms with Crippen molar-refractivity contribution in [2.75, 3.05) is 4.90 Å². The van der Waals surface area contributed by atoms with Crippen LogP contribution in [0.4, 0.5) is 17.1 Å². The van der Waals surface area contributed by atoms with Crippen LogP contribution in [0.25, 0.3) is 81.0 Å². The lowest BCUT2D eigenvalue weighted by Gasteiger charge is -2.34. The quantitative estimate of drug-likeness (QED) is 0.139. The summed E-state index contributed by atoms with van der Waals surface area (Å²) in [5.74, 6) is 0. The van der Waals surface area contributed by atoms with Crippen molar-refractivity contribution in [3.05, 3.63) is 301 Å². The van der Waals surface area contributed by atoms with Gasteiger partial charge in [0.25, 0.3) is 0 Å². The molecule has 14 rings (SSSR count). The summed E-state index contributed by atoms with van der Waals surface area (Å²) >= 11 is 1.88. The molecule has 0 aliphatic heterocycles. The number of fused-ring (bicyclic) bond motifs is 7. The molecule has 0 N–H and O–H groups in total. The molecule has 2 aliphatic carbocycles. The van der Waals surface area contributed by atoms with Gasteiger partial charge in [0, 0.05) is 37.1 Å². The van der Waals surface area contributed by atoms with Crippen molar-refractivity contribution in [2.45, 2.75) is 18.3 Å². The zero-order valence-electron chi connectivity index (χ0n) is 40.3. The smallest absolute Gasteiger partial charge is 0.0714 e. The van der Waals surface area contributed by atoms with Gasteiger partial charge in [0.05, 0.1) is 11.1 Å². The summed E-state index contributed by atoms with van der Waals surface area (Å²) < 4.78 is 2.63. The molecule has 1 heterocycles. The van der Waals surface area contributed by atoms with E-state index in [1.807, 2.05) is 11.3 Å². The van der Waals surface area contributed by atoms with E-state index in [-0.39, 0.29) is 0 Å². The summed E-state index contributed by atoms with van der Waals surface area (Å²) in [5.41, 5.74) is 20.2. The van der Waals surface area contributed by atoms with Crippen molar-refractivity contribution in [3.63, 3.8) is 0 Å². The Morgan fingerprint density at radius 2 is 1.04 bits per heavy atom. The highest BCUT2D eigenvalue weighted by Crippen LogP contribution is 2.60. The Labute approximate surface area is 430 Å². The molecule has 12 aromatic rings. The van der Waals surface area contributed by atoms with Crippen LogP contribution in [0, 0.1) is 0 Å². The van der Waals surface area contributed by atoms with Gasteiger partial charge in [0.1, 0.15) is 0 Å². The normalized spacial score (nSPS) is 13.5. The van der Waals surface area contributed by atoms with Gasteiger partial charge < -0.3 is 4.90 Å². The van der Waals surface area contributed by atoms with E-state index in [0.717, 1.165) is 29.9 Å². The Morgan fingerprint density at radius 1 is 0.384 bits per heavy atom. The Hall–Kier alpha value is -8.82. The molecular weight excluding hydrogens is 899 g/mol. The molecule has 0 atom stereocenters. The Balaban J connectivity index is 1.00. The molecule has 1 aromatic heterocycles. The maximum Gasteiger partial charge on any atom is 0.0714 e. The van der Waals surface area contributed by atoms with Crippen molar-refractivity contribution in [1.29, 1.82) is 0 Å². The zero-order valence-corrected chi connectivity index (χ0v) is 41.1. The van der Waals surface area contributed by atoms with E-state index < -0.39 is 5.41 Å². The lowest BCUT2D eigenvalue weighted by molar-refractivity contribution is 0.768. The molecule has 0 amide bonds. The van der Waals surface area contributed by atoms with Crippen LogP contribution in [-0.4, -0.2) is 0 Å². The Kier molecular flexibility index (Phi) is 10.5. The molecule has 73 heavy (non-hydrogen) atoms. The first-order valence-electron chi connectivity index (χ1n) is 25.5. The van der Waals surface area contributed by atoms with Crippen molar-refractivity contribution in [1.82, 2.24) is 0 Å². The van der Waals surface area contributed by atoms with E-state index in [2.05, 4.69) is 278 Å². The minimum absolute atomic E-state index is 0.540. The first kappa shape index (κ1) is 43.0. The molecule has 0 fully saturated rings. The van der Waals surface area contributed by atoms with E-state index in [4.69, 9.17) is 0 Å². The fourth-order valence-corrected chi connectivity index (χ4v) is 13.3. The largest absolute Gasteiger partial charge is 0.310 e. The lowest BCUT2D eigenvalue weighted by Crippen LogP contribution is -2.28. The maximum absolute atomic E-state index is 2.54. The first-order valence-corrected chi connectivity index (χ1v) is 26.3. The highest BCUT2D eigenvalue weighted by atomic mass is 32.1. The van der Waals surface area contributed by atoms with Crippen LogP contribution in [0.1, 0.15) is 40.7 Å². The van der Waals surface area contributed by atoms with E-state index in [0.29, 0.717) is 0 Å². The summed E-state index contributed by atoms with van der Waals surface area (Å²) in [6.07, 6.45) is 8.83. The van der Waals surface area contributed by atoms with Crippen molar-refractivity contribution in [2.24, 2.45) is 0 Å². The Morgan fingerprint density at radius 3 is 1.82 bits per heavy atom. The number of benzene rings is 11. The standard InChI is InChI=1S/C71H49NS/c1-5-20-48(21-6-1)53-44-54(49-22-7-2-8-23-49)46-58(45-53)72(66-34-19-33-65-70(66)63-31-15-17-32-64(63)71(65,55-25-9-3-10-26-55)56-27-11-4-12-28-56)57-40-36-51(37-41-57)60-42-38-50-24-13-14-29-59(50)69(60)52-39-43-62-61-30-16-18-35-67(61)73-68(62)47-52/h1-7,9-22,24-47H,8,23H2. The van der Waals surface area contributed by atoms with E-state index in [9.17, 15) is 0 Å². The zero-order chi connectivity index (χ0) is 48.3. The highest BCUT2D eigenvalue weighted by Gasteiger charge is 2.47. The molecule has 2 heteroatoms. The molecule has 1 nitrogen and oxygen atoms in total. The number of thiophene rings is 1. The average Bonchev–Trinajstić information content (AvgIpc) is 4.05. The van der Waals surface area contributed by atoms with Crippen molar-refractivity contribution >= 4 is 64.9 Å². The van der Waals surface area contributed by atoms with Gasteiger partial charge in [0.2, 0.25) is 0 Å². The topological polar surface area (TPSA) is 3.24 Å². The van der Waals surface area contributed by atoms with Gasteiger partial charge in [-0.2, -0.15) is 0 Å². The number of hydrogen-bond donors (Lipinski definition) is 0. The second kappa shape index (κ2) is 17.8. The van der Waals surface area contributed by atoms with Gasteiger partial charge in [0.15, 0.2) is 0 Å². The van der Waals surface area contributed by atoms with Crippen LogP contribution in [-0.2, 0) is 5.41 Å². The predicted octanol–water partition coefficient (Wildman–Crippen LogP) is 19.8. The fraction of sp³-hybridized carbons (Fsp3) is 0.0423. The lowest BCUT2D eigenvalue weighted by atomic mass is 9.68. The number of allylic oxidation sites excluding steroid dienone is 4. The molecular formula is C71H49NS. The second-order valence-corrected chi connectivity index (χ2v) is 20.5. The van der Waals surface area contributed by atoms with Crippen LogP contribution < -0.4 is 4.90 Å². The minimum atomic E-state index is -0.540. The van der Waals surface area contributed by atoms with Crippen LogP contribution >= 0.6 is 11.3 Å². The molecule has 0 bridgehead atoms. The molecule has 2 aliphatic rings. The molecule has 0 saturated carbocycles. The monoisotopic (exact) mass is 947 g/mol. The molecule has 0 spiro atoms. The third-order valence-electron chi connectivity index (χ3n) is 15.4. The van der Waals surface area contributed by atoms with Crippen LogP contribution in [0.3, 0.4) is 0 Å². The molecule has 11 aromatic carbocycles.